The molecule has 0 aromatic heterocycles. The zero-order valence-electron chi connectivity index (χ0n) is 19.8. The number of halogens is 2. The summed E-state index contributed by atoms with van der Waals surface area (Å²) in [5.41, 5.74) is 2.55. The standard InChI is InChI=1S/C27H27ClFNO5S/c1-34-27(31)15-20-13-22(16-25(14-20)35-18-19-4-6-23(28)7-5-19)21-3-2-12-30(17-21)36(32,33)26-10-8-24(29)9-11-26/h4-11,13-14,16,21H,2-3,12,15,17-18H2,1H3. The van der Waals surface area contributed by atoms with Crippen LogP contribution in [0.1, 0.15) is 35.4 Å². The fourth-order valence-electron chi connectivity index (χ4n) is 4.28. The molecular formula is C27H27ClFNO5S. The predicted molar refractivity (Wildman–Crippen MR) is 135 cm³/mol. The molecule has 9 heteroatoms. The van der Waals surface area contributed by atoms with E-state index in [0.29, 0.717) is 30.3 Å². The van der Waals surface area contributed by atoms with Crippen LogP contribution in [0.3, 0.4) is 0 Å². The van der Waals surface area contributed by atoms with Crippen LogP contribution in [0.15, 0.2) is 71.6 Å². The average Bonchev–Trinajstić information content (AvgIpc) is 2.88. The number of hydrogen-bond donors (Lipinski definition) is 0. The van der Waals surface area contributed by atoms with Gasteiger partial charge in [0.25, 0.3) is 0 Å². The van der Waals surface area contributed by atoms with Crippen LogP contribution in [-0.4, -0.2) is 38.9 Å². The van der Waals surface area contributed by atoms with Gasteiger partial charge in [0.15, 0.2) is 0 Å². The predicted octanol–water partition coefficient (Wildman–Crippen LogP) is 5.34. The van der Waals surface area contributed by atoms with Gasteiger partial charge in [-0.1, -0.05) is 29.8 Å². The van der Waals surface area contributed by atoms with Gasteiger partial charge in [0.2, 0.25) is 10.0 Å². The van der Waals surface area contributed by atoms with E-state index in [2.05, 4.69) is 0 Å². The fourth-order valence-corrected chi connectivity index (χ4v) is 5.93. The lowest BCUT2D eigenvalue weighted by Crippen LogP contribution is -2.39. The maximum absolute atomic E-state index is 13.3. The molecule has 190 valence electrons. The molecule has 0 radical (unpaired) electrons. The van der Waals surface area contributed by atoms with Crippen molar-refractivity contribution in [2.75, 3.05) is 20.2 Å². The molecule has 0 N–H and O–H groups in total. The van der Waals surface area contributed by atoms with Crippen LogP contribution in [0.2, 0.25) is 5.02 Å². The lowest BCUT2D eigenvalue weighted by atomic mass is 9.90. The molecule has 1 saturated heterocycles. The molecule has 1 aliphatic heterocycles. The molecule has 3 aromatic rings. The summed E-state index contributed by atoms with van der Waals surface area (Å²) in [5.74, 6) is -0.372. The van der Waals surface area contributed by atoms with Gasteiger partial charge in [-0.25, -0.2) is 12.8 Å². The summed E-state index contributed by atoms with van der Waals surface area (Å²) < 4.78 is 52.0. The zero-order chi connectivity index (χ0) is 25.7. The summed E-state index contributed by atoms with van der Waals surface area (Å²) in [6, 6.07) is 17.8. The van der Waals surface area contributed by atoms with E-state index in [-0.39, 0.29) is 29.7 Å². The number of rotatable bonds is 8. The molecule has 0 aliphatic carbocycles. The molecule has 1 aliphatic rings. The van der Waals surface area contributed by atoms with Crippen LogP contribution < -0.4 is 4.74 Å². The lowest BCUT2D eigenvalue weighted by Gasteiger charge is -2.32. The van der Waals surface area contributed by atoms with Crippen molar-refractivity contribution in [2.45, 2.75) is 36.7 Å². The number of methoxy groups -OCH3 is 1. The van der Waals surface area contributed by atoms with Gasteiger partial charge >= 0.3 is 5.97 Å². The topological polar surface area (TPSA) is 72.9 Å². The number of nitrogens with zero attached hydrogens (tertiary/aromatic N) is 1. The molecule has 6 nitrogen and oxygen atoms in total. The van der Waals surface area contributed by atoms with E-state index in [0.717, 1.165) is 35.2 Å². The maximum atomic E-state index is 13.3. The third-order valence-electron chi connectivity index (χ3n) is 6.19. The van der Waals surface area contributed by atoms with Gasteiger partial charge in [-0.2, -0.15) is 4.31 Å². The van der Waals surface area contributed by atoms with E-state index in [1.54, 1.807) is 18.2 Å². The van der Waals surface area contributed by atoms with E-state index < -0.39 is 15.8 Å². The molecule has 3 aromatic carbocycles. The van der Waals surface area contributed by atoms with Crippen molar-refractivity contribution < 1.29 is 27.1 Å². The summed E-state index contributed by atoms with van der Waals surface area (Å²) in [4.78, 5) is 12.0. The fraction of sp³-hybridized carbons (Fsp3) is 0.296. The Balaban J connectivity index is 1.57. The third kappa shape index (κ3) is 6.43. The third-order valence-corrected chi connectivity index (χ3v) is 8.32. The van der Waals surface area contributed by atoms with Crippen LogP contribution in [0, 0.1) is 5.82 Å². The Morgan fingerprint density at radius 2 is 1.78 bits per heavy atom. The second kappa shape index (κ2) is 11.4. The first-order chi connectivity index (χ1) is 17.2. The Hall–Kier alpha value is -2.94. The molecule has 0 saturated carbocycles. The van der Waals surface area contributed by atoms with Gasteiger partial charge in [0.05, 0.1) is 18.4 Å². The first-order valence-electron chi connectivity index (χ1n) is 11.6. The van der Waals surface area contributed by atoms with Crippen LogP contribution in [0.25, 0.3) is 0 Å². The minimum absolute atomic E-state index is 0.0657. The van der Waals surface area contributed by atoms with Crippen LogP contribution >= 0.6 is 11.6 Å². The van der Waals surface area contributed by atoms with Gasteiger partial charge in [0, 0.05) is 18.1 Å². The van der Waals surface area contributed by atoms with E-state index in [4.69, 9.17) is 21.1 Å². The number of carbonyl (C=O) groups is 1. The van der Waals surface area contributed by atoms with Gasteiger partial charge in [0.1, 0.15) is 18.2 Å². The zero-order valence-corrected chi connectivity index (χ0v) is 21.4. The highest BCUT2D eigenvalue weighted by atomic mass is 35.5. The molecule has 0 spiro atoms. The van der Waals surface area contributed by atoms with Gasteiger partial charge < -0.3 is 9.47 Å². The Labute approximate surface area is 215 Å². The average molecular weight is 532 g/mol. The summed E-state index contributed by atoms with van der Waals surface area (Å²) >= 11 is 5.96. The summed E-state index contributed by atoms with van der Waals surface area (Å²) in [6.07, 6.45) is 1.53. The molecule has 1 atom stereocenters. The summed E-state index contributed by atoms with van der Waals surface area (Å²) in [5, 5.41) is 0.638. The lowest BCUT2D eigenvalue weighted by molar-refractivity contribution is -0.139. The smallest absolute Gasteiger partial charge is 0.309 e. The monoisotopic (exact) mass is 531 g/mol. The Kier molecular flexibility index (Phi) is 8.28. The molecule has 1 fully saturated rings. The molecule has 0 amide bonds. The second-order valence-electron chi connectivity index (χ2n) is 8.73. The van der Waals surface area contributed by atoms with Gasteiger partial charge in [-0.05, 0) is 84.0 Å². The van der Waals surface area contributed by atoms with Gasteiger partial charge in [-0.3, -0.25) is 4.79 Å². The van der Waals surface area contributed by atoms with Crippen molar-refractivity contribution in [1.82, 2.24) is 4.31 Å². The number of piperidine rings is 1. The largest absolute Gasteiger partial charge is 0.489 e. The van der Waals surface area contributed by atoms with Crippen molar-refractivity contribution in [3.8, 4) is 5.75 Å². The minimum Gasteiger partial charge on any atom is -0.489 e. The number of sulfonamides is 1. The number of hydrogen-bond acceptors (Lipinski definition) is 5. The number of benzene rings is 3. The normalized spacial score (nSPS) is 16.5. The van der Waals surface area contributed by atoms with Crippen molar-refractivity contribution in [3.63, 3.8) is 0 Å². The molecule has 1 unspecified atom stereocenters. The highest BCUT2D eigenvalue weighted by Gasteiger charge is 2.31. The minimum atomic E-state index is -3.76. The molecule has 0 bridgehead atoms. The van der Waals surface area contributed by atoms with E-state index in [9.17, 15) is 17.6 Å². The molecular weight excluding hydrogens is 505 g/mol. The van der Waals surface area contributed by atoms with Gasteiger partial charge in [-0.15, -0.1) is 0 Å². The van der Waals surface area contributed by atoms with Crippen molar-refractivity contribution >= 4 is 27.6 Å². The van der Waals surface area contributed by atoms with Crippen LogP contribution in [0.4, 0.5) is 4.39 Å². The van der Waals surface area contributed by atoms with Crippen molar-refractivity contribution in [2.24, 2.45) is 0 Å². The maximum Gasteiger partial charge on any atom is 0.309 e. The molecule has 1 heterocycles. The van der Waals surface area contributed by atoms with Crippen LogP contribution in [-0.2, 0) is 32.6 Å². The highest BCUT2D eigenvalue weighted by molar-refractivity contribution is 7.89. The number of esters is 1. The highest BCUT2D eigenvalue weighted by Crippen LogP contribution is 2.33. The van der Waals surface area contributed by atoms with Crippen LogP contribution in [0.5, 0.6) is 5.75 Å². The quantitative estimate of drug-likeness (QED) is 0.367. The van der Waals surface area contributed by atoms with Crippen molar-refractivity contribution in [1.29, 1.82) is 0 Å². The molecule has 4 rings (SSSR count). The SMILES string of the molecule is COC(=O)Cc1cc(OCc2ccc(Cl)cc2)cc(C2CCCN(S(=O)(=O)c3ccc(F)cc3)C2)c1. The Morgan fingerprint density at radius 1 is 1.06 bits per heavy atom. The summed E-state index contributed by atoms with van der Waals surface area (Å²) in [6.45, 7) is 0.976. The number of carbonyl (C=O) groups excluding carboxylic acids is 1. The molecule has 36 heavy (non-hydrogen) atoms. The van der Waals surface area contributed by atoms with E-state index >= 15 is 0 Å². The summed E-state index contributed by atoms with van der Waals surface area (Å²) in [7, 11) is -2.43. The Morgan fingerprint density at radius 3 is 2.47 bits per heavy atom. The Bertz CT molecular complexity index is 1310. The van der Waals surface area contributed by atoms with E-state index in [1.165, 1.54) is 23.5 Å². The second-order valence-corrected chi connectivity index (χ2v) is 11.1. The number of ether oxygens (including phenoxy) is 2. The van der Waals surface area contributed by atoms with E-state index in [1.807, 2.05) is 24.3 Å². The van der Waals surface area contributed by atoms with Crippen molar-refractivity contribution in [3.05, 3.63) is 94.3 Å². The first kappa shape index (κ1) is 26.1. The first-order valence-corrected chi connectivity index (χ1v) is 13.4.